The fourth-order valence-corrected chi connectivity index (χ4v) is 1.15. The lowest BCUT2D eigenvalue weighted by molar-refractivity contribution is -0.124. The molecule has 0 N–H and O–H groups in total. The van der Waals surface area contributed by atoms with Gasteiger partial charge in [-0.1, -0.05) is 36.9 Å². The second kappa shape index (κ2) is 6.44. The van der Waals surface area contributed by atoms with Gasteiger partial charge in [0.05, 0.1) is 0 Å². The van der Waals surface area contributed by atoms with E-state index in [1.165, 1.54) is 0 Å². The third kappa shape index (κ3) is 3.99. The molecule has 16 heavy (non-hydrogen) atoms. The standard InChI is InChI=1S/C14H15NO/c1-3-4-12-15(2)14(16)11-10-13-8-6-5-7-9-13/h4-11H,1,12H2,2H3/b11-10+. The molecule has 2 nitrogen and oxygen atoms in total. The molecule has 1 amide bonds. The van der Waals surface area contributed by atoms with Gasteiger partial charge in [0.15, 0.2) is 0 Å². The topological polar surface area (TPSA) is 20.3 Å². The highest BCUT2D eigenvalue weighted by Crippen LogP contribution is 2.01. The number of hydrogen-bond acceptors (Lipinski definition) is 1. The zero-order valence-corrected chi connectivity index (χ0v) is 9.39. The fourth-order valence-electron chi connectivity index (χ4n) is 1.15. The van der Waals surface area contributed by atoms with Gasteiger partial charge in [-0.2, -0.15) is 0 Å². The minimum Gasteiger partial charge on any atom is -0.338 e. The van der Waals surface area contributed by atoms with Crippen LogP contribution in [-0.2, 0) is 4.79 Å². The molecule has 0 heterocycles. The molecule has 0 saturated heterocycles. The van der Waals surface area contributed by atoms with Crippen molar-refractivity contribution in [1.82, 2.24) is 4.90 Å². The minimum atomic E-state index is -0.0321. The van der Waals surface area contributed by atoms with E-state index in [9.17, 15) is 4.79 Å². The molecule has 1 aromatic carbocycles. The van der Waals surface area contributed by atoms with Crippen molar-refractivity contribution in [2.45, 2.75) is 0 Å². The Kier molecular flexibility index (Phi) is 4.84. The van der Waals surface area contributed by atoms with Gasteiger partial charge in [-0.05, 0) is 17.7 Å². The normalized spacial score (nSPS) is 9.81. The number of likely N-dealkylation sites (N-methyl/N-ethyl adjacent to an activating group) is 1. The average molecular weight is 213 g/mol. The molecule has 0 aliphatic rings. The quantitative estimate of drug-likeness (QED) is 0.556. The van der Waals surface area contributed by atoms with Gasteiger partial charge in [0.1, 0.15) is 0 Å². The van der Waals surface area contributed by atoms with E-state index in [4.69, 9.17) is 0 Å². The van der Waals surface area contributed by atoms with Gasteiger partial charge in [-0.25, -0.2) is 0 Å². The third-order valence-electron chi connectivity index (χ3n) is 2.10. The lowest BCUT2D eigenvalue weighted by atomic mass is 10.2. The van der Waals surface area contributed by atoms with Crippen LogP contribution in [-0.4, -0.2) is 24.4 Å². The van der Waals surface area contributed by atoms with E-state index in [2.05, 4.69) is 12.3 Å². The molecule has 0 spiro atoms. The van der Waals surface area contributed by atoms with Gasteiger partial charge in [-0.3, -0.25) is 4.79 Å². The van der Waals surface area contributed by atoms with E-state index in [0.717, 1.165) is 5.56 Å². The van der Waals surface area contributed by atoms with Crippen molar-refractivity contribution < 1.29 is 4.79 Å². The predicted molar refractivity (Wildman–Crippen MR) is 66.8 cm³/mol. The molecule has 0 radical (unpaired) electrons. The Labute approximate surface area is 96.2 Å². The van der Waals surface area contributed by atoms with Crippen molar-refractivity contribution in [3.8, 4) is 0 Å². The van der Waals surface area contributed by atoms with Gasteiger partial charge in [0, 0.05) is 19.7 Å². The average Bonchev–Trinajstić information content (AvgIpc) is 2.34. The SMILES string of the molecule is C=C=CCN(C)C(=O)/C=C/c1ccccc1. The highest BCUT2D eigenvalue weighted by atomic mass is 16.2. The third-order valence-corrected chi connectivity index (χ3v) is 2.10. The minimum absolute atomic E-state index is 0.0321. The van der Waals surface area contributed by atoms with E-state index in [1.807, 2.05) is 30.3 Å². The van der Waals surface area contributed by atoms with Crippen molar-refractivity contribution in [2.75, 3.05) is 13.6 Å². The summed E-state index contributed by atoms with van der Waals surface area (Å²) in [6.07, 6.45) is 5.08. The number of amides is 1. The van der Waals surface area contributed by atoms with Crippen LogP contribution in [0.2, 0.25) is 0 Å². The first-order chi connectivity index (χ1) is 7.74. The summed E-state index contributed by atoms with van der Waals surface area (Å²) in [5.41, 5.74) is 3.65. The Balaban J connectivity index is 2.57. The molecule has 0 aliphatic heterocycles. The molecule has 1 aromatic rings. The summed E-state index contributed by atoms with van der Waals surface area (Å²) < 4.78 is 0. The van der Waals surface area contributed by atoms with Crippen LogP contribution in [0.25, 0.3) is 6.08 Å². The van der Waals surface area contributed by atoms with Crippen molar-refractivity contribution >= 4 is 12.0 Å². The Morgan fingerprint density at radius 2 is 2.12 bits per heavy atom. The van der Waals surface area contributed by atoms with Crippen LogP contribution >= 0.6 is 0 Å². The van der Waals surface area contributed by atoms with E-state index < -0.39 is 0 Å². The van der Waals surface area contributed by atoms with Gasteiger partial charge >= 0.3 is 0 Å². The van der Waals surface area contributed by atoms with Crippen LogP contribution in [0.15, 0.2) is 54.8 Å². The molecule has 1 rings (SSSR count). The number of benzene rings is 1. The zero-order chi connectivity index (χ0) is 11.8. The number of rotatable bonds is 4. The second-order valence-corrected chi connectivity index (χ2v) is 3.37. The lowest BCUT2D eigenvalue weighted by Gasteiger charge is -2.11. The molecule has 0 bridgehead atoms. The summed E-state index contributed by atoms with van der Waals surface area (Å²) in [5, 5.41) is 0. The number of nitrogens with zero attached hydrogens (tertiary/aromatic N) is 1. The van der Waals surface area contributed by atoms with Crippen LogP contribution < -0.4 is 0 Å². The van der Waals surface area contributed by atoms with Crippen LogP contribution in [0.4, 0.5) is 0 Å². The van der Waals surface area contributed by atoms with Gasteiger partial charge in [0.2, 0.25) is 5.91 Å². The van der Waals surface area contributed by atoms with Crippen LogP contribution in [0.1, 0.15) is 5.56 Å². The van der Waals surface area contributed by atoms with E-state index in [-0.39, 0.29) is 5.91 Å². The van der Waals surface area contributed by atoms with Gasteiger partial charge in [-0.15, -0.1) is 5.73 Å². The predicted octanol–water partition coefficient (Wildman–Crippen LogP) is 2.50. The first kappa shape index (κ1) is 12.0. The van der Waals surface area contributed by atoms with Crippen molar-refractivity contribution in [2.24, 2.45) is 0 Å². The summed E-state index contributed by atoms with van der Waals surface area (Å²) in [6.45, 7) is 3.98. The summed E-state index contributed by atoms with van der Waals surface area (Å²) >= 11 is 0. The number of carbonyl (C=O) groups is 1. The largest absolute Gasteiger partial charge is 0.338 e. The Morgan fingerprint density at radius 1 is 1.44 bits per heavy atom. The maximum atomic E-state index is 11.6. The van der Waals surface area contributed by atoms with Crippen molar-refractivity contribution in [3.63, 3.8) is 0 Å². The highest BCUT2D eigenvalue weighted by Gasteiger charge is 2.01. The first-order valence-corrected chi connectivity index (χ1v) is 5.06. The summed E-state index contributed by atoms with van der Waals surface area (Å²) in [6, 6.07) is 9.73. The first-order valence-electron chi connectivity index (χ1n) is 5.06. The second-order valence-electron chi connectivity index (χ2n) is 3.37. The monoisotopic (exact) mass is 213 g/mol. The van der Waals surface area contributed by atoms with E-state index >= 15 is 0 Å². The molecule has 82 valence electrons. The van der Waals surface area contributed by atoms with Crippen molar-refractivity contribution in [3.05, 3.63) is 60.4 Å². The molecule has 0 fully saturated rings. The molecular weight excluding hydrogens is 198 g/mol. The molecule has 0 aliphatic carbocycles. The van der Waals surface area contributed by atoms with Gasteiger partial charge < -0.3 is 4.90 Å². The smallest absolute Gasteiger partial charge is 0.246 e. The lowest BCUT2D eigenvalue weighted by Crippen LogP contribution is -2.24. The number of carbonyl (C=O) groups excluding carboxylic acids is 1. The summed E-state index contributed by atoms with van der Waals surface area (Å²) in [4.78, 5) is 13.2. The molecular formula is C14H15NO. The van der Waals surface area contributed by atoms with Gasteiger partial charge in [0.25, 0.3) is 0 Å². The van der Waals surface area contributed by atoms with Crippen LogP contribution in [0, 0.1) is 0 Å². The summed E-state index contributed by atoms with van der Waals surface area (Å²) in [5.74, 6) is -0.0321. The highest BCUT2D eigenvalue weighted by molar-refractivity contribution is 5.91. The summed E-state index contributed by atoms with van der Waals surface area (Å²) in [7, 11) is 1.74. The maximum absolute atomic E-state index is 11.6. The molecule has 0 aromatic heterocycles. The van der Waals surface area contributed by atoms with E-state index in [0.29, 0.717) is 6.54 Å². The molecule has 0 saturated carbocycles. The van der Waals surface area contributed by atoms with Crippen LogP contribution in [0.5, 0.6) is 0 Å². The van der Waals surface area contributed by atoms with Crippen molar-refractivity contribution in [1.29, 1.82) is 0 Å². The molecule has 2 heteroatoms. The Bertz CT molecular complexity index is 414. The van der Waals surface area contributed by atoms with Crippen LogP contribution in [0.3, 0.4) is 0 Å². The Morgan fingerprint density at radius 3 is 2.75 bits per heavy atom. The van der Waals surface area contributed by atoms with E-state index in [1.54, 1.807) is 30.2 Å². The fraction of sp³-hybridized carbons (Fsp3) is 0.143. The maximum Gasteiger partial charge on any atom is 0.246 e. The Hall–Kier alpha value is -2.05. The molecule has 0 unspecified atom stereocenters. The molecule has 0 atom stereocenters. The zero-order valence-electron chi connectivity index (χ0n) is 9.39. The number of hydrogen-bond donors (Lipinski definition) is 0.